The first-order valence-electron chi connectivity index (χ1n) is 9.07. The minimum absolute atomic E-state index is 0.0276. The summed E-state index contributed by atoms with van der Waals surface area (Å²) >= 11 is 0. The number of aryl methyl sites for hydroxylation is 1. The number of carbonyl (C=O) groups excluding carboxylic acids is 2. The Kier molecular flexibility index (Phi) is 5.64. The van der Waals surface area contributed by atoms with Crippen molar-refractivity contribution in [3.63, 3.8) is 0 Å². The van der Waals surface area contributed by atoms with Crippen molar-refractivity contribution in [1.29, 1.82) is 0 Å². The number of amides is 2. The van der Waals surface area contributed by atoms with Gasteiger partial charge in [-0.15, -0.1) is 0 Å². The maximum absolute atomic E-state index is 12.8. The van der Waals surface area contributed by atoms with Gasteiger partial charge in [0.2, 0.25) is 0 Å². The molecule has 2 amide bonds. The topological polar surface area (TPSA) is 75.9 Å². The average Bonchev–Trinajstić information content (AvgIpc) is 2.68. The Morgan fingerprint density at radius 2 is 1.74 bits per heavy atom. The second-order valence-electron chi connectivity index (χ2n) is 6.78. The third kappa shape index (κ3) is 4.39. The molecule has 2 N–H and O–H groups in total. The highest BCUT2D eigenvalue weighted by atomic mass is 16.5. The van der Waals surface area contributed by atoms with Crippen molar-refractivity contribution < 1.29 is 14.3 Å². The summed E-state index contributed by atoms with van der Waals surface area (Å²) in [6.45, 7) is 6.98. The van der Waals surface area contributed by atoms with Crippen LogP contribution in [0.25, 0.3) is 0 Å². The monoisotopic (exact) mass is 367 g/mol. The van der Waals surface area contributed by atoms with Crippen molar-refractivity contribution in [3.8, 4) is 5.75 Å². The predicted octanol–water partition coefficient (Wildman–Crippen LogP) is 2.13. The molecule has 3 rings (SSSR count). The van der Waals surface area contributed by atoms with E-state index in [0.717, 1.165) is 13.1 Å². The number of nitrogens with zero attached hydrogens (tertiary/aromatic N) is 2. The minimum Gasteiger partial charge on any atom is -0.484 e. The van der Waals surface area contributed by atoms with Gasteiger partial charge in [-0.05, 0) is 49.2 Å². The molecule has 142 valence electrons. The van der Waals surface area contributed by atoms with Gasteiger partial charge in [-0.3, -0.25) is 9.59 Å². The maximum Gasteiger partial charge on any atom is 0.255 e. The van der Waals surface area contributed by atoms with Crippen LogP contribution in [0, 0.1) is 13.8 Å². The van der Waals surface area contributed by atoms with Crippen LogP contribution >= 0.6 is 0 Å². The van der Waals surface area contributed by atoms with Crippen LogP contribution in [-0.4, -0.2) is 49.5 Å². The fourth-order valence-corrected chi connectivity index (χ4v) is 3.28. The Morgan fingerprint density at radius 3 is 2.44 bits per heavy atom. The van der Waals surface area contributed by atoms with E-state index >= 15 is 0 Å². The van der Waals surface area contributed by atoms with Gasteiger partial charge in [0.25, 0.3) is 11.8 Å². The van der Waals surface area contributed by atoms with E-state index in [9.17, 15) is 9.59 Å². The Bertz CT molecular complexity index is 842. The number of hydrogen-bond donors (Lipinski definition) is 1. The van der Waals surface area contributed by atoms with E-state index in [1.165, 1.54) is 16.8 Å². The number of piperazine rings is 1. The van der Waals surface area contributed by atoms with Crippen LogP contribution in [0.15, 0.2) is 42.5 Å². The molecule has 1 heterocycles. The fourth-order valence-electron chi connectivity index (χ4n) is 3.28. The van der Waals surface area contributed by atoms with E-state index in [0.29, 0.717) is 24.4 Å². The van der Waals surface area contributed by atoms with Crippen LogP contribution in [0.1, 0.15) is 21.5 Å². The zero-order chi connectivity index (χ0) is 19.4. The quantitative estimate of drug-likeness (QED) is 0.878. The predicted molar refractivity (Wildman–Crippen MR) is 105 cm³/mol. The van der Waals surface area contributed by atoms with Gasteiger partial charge in [0, 0.05) is 37.4 Å². The molecule has 1 fully saturated rings. The molecule has 1 saturated heterocycles. The molecule has 27 heavy (non-hydrogen) atoms. The van der Waals surface area contributed by atoms with Crippen molar-refractivity contribution >= 4 is 17.5 Å². The second-order valence-corrected chi connectivity index (χ2v) is 6.78. The molecule has 0 saturated carbocycles. The lowest BCUT2D eigenvalue weighted by Gasteiger charge is -2.37. The summed E-state index contributed by atoms with van der Waals surface area (Å²) in [4.78, 5) is 27.9. The number of anilines is 1. The number of hydrogen-bond acceptors (Lipinski definition) is 4. The Balaban J connectivity index is 1.64. The first kappa shape index (κ1) is 18.8. The Labute approximate surface area is 159 Å². The third-order valence-corrected chi connectivity index (χ3v) is 4.95. The Hall–Kier alpha value is -3.02. The normalized spacial score (nSPS) is 14.1. The lowest BCUT2D eigenvalue weighted by atomic mass is 10.1. The van der Waals surface area contributed by atoms with Crippen LogP contribution in [0.4, 0.5) is 5.69 Å². The number of primary amides is 1. The molecule has 1 aliphatic rings. The van der Waals surface area contributed by atoms with Gasteiger partial charge in [-0.25, -0.2) is 0 Å². The highest BCUT2D eigenvalue weighted by Gasteiger charge is 2.23. The van der Waals surface area contributed by atoms with Gasteiger partial charge in [-0.2, -0.15) is 0 Å². The van der Waals surface area contributed by atoms with Gasteiger partial charge in [0.05, 0.1) is 0 Å². The molecule has 0 spiro atoms. The molecule has 0 atom stereocenters. The number of benzene rings is 2. The van der Waals surface area contributed by atoms with E-state index in [4.69, 9.17) is 10.5 Å². The largest absolute Gasteiger partial charge is 0.484 e. The molecule has 2 aromatic carbocycles. The molecular weight excluding hydrogens is 342 g/mol. The number of ether oxygens (including phenoxy) is 1. The molecule has 0 radical (unpaired) electrons. The number of rotatable bonds is 5. The highest BCUT2D eigenvalue weighted by Crippen LogP contribution is 2.24. The van der Waals surface area contributed by atoms with E-state index in [2.05, 4.69) is 36.9 Å². The van der Waals surface area contributed by atoms with Gasteiger partial charge in [-0.1, -0.05) is 18.2 Å². The summed E-state index contributed by atoms with van der Waals surface area (Å²) < 4.78 is 5.29. The highest BCUT2D eigenvalue weighted by molar-refractivity contribution is 5.94. The average molecular weight is 367 g/mol. The summed E-state index contributed by atoms with van der Waals surface area (Å²) in [6, 6.07) is 13.2. The Morgan fingerprint density at radius 1 is 1.04 bits per heavy atom. The first-order valence-corrected chi connectivity index (χ1v) is 9.07. The summed E-state index contributed by atoms with van der Waals surface area (Å²) in [5.74, 6) is -0.108. The lowest BCUT2D eigenvalue weighted by molar-refractivity contribution is -0.119. The molecule has 0 aliphatic carbocycles. The van der Waals surface area contributed by atoms with Crippen molar-refractivity contribution in [2.24, 2.45) is 5.73 Å². The van der Waals surface area contributed by atoms with Gasteiger partial charge in [0.1, 0.15) is 5.75 Å². The zero-order valence-corrected chi connectivity index (χ0v) is 15.8. The molecule has 2 aromatic rings. The number of nitrogens with two attached hydrogens (primary N) is 1. The van der Waals surface area contributed by atoms with E-state index < -0.39 is 5.91 Å². The van der Waals surface area contributed by atoms with Crippen LogP contribution in [0.3, 0.4) is 0 Å². The summed E-state index contributed by atoms with van der Waals surface area (Å²) in [6.07, 6.45) is 0. The van der Waals surface area contributed by atoms with E-state index in [1.54, 1.807) is 24.3 Å². The smallest absolute Gasteiger partial charge is 0.255 e. The second kappa shape index (κ2) is 8.12. The zero-order valence-electron chi connectivity index (χ0n) is 15.8. The molecule has 0 unspecified atom stereocenters. The summed E-state index contributed by atoms with van der Waals surface area (Å²) in [5.41, 5.74) is 9.45. The molecule has 6 heteroatoms. The third-order valence-electron chi connectivity index (χ3n) is 4.95. The van der Waals surface area contributed by atoms with Crippen molar-refractivity contribution in [1.82, 2.24) is 4.90 Å². The SMILES string of the molecule is Cc1cccc(N2CCN(C(=O)c3cccc(OCC(N)=O)c3)CC2)c1C. The summed E-state index contributed by atoms with van der Waals surface area (Å²) in [7, 11) is 0. The molecule has 1 aliphatic heterocycles. The van der Waals surface area contributed by atoms with Crippen molar-refractivity contribution in [2.45, 2.75) is 13.8 Å². The summed E-state index contributed by atoms with van der Waals surface area (Å²) in [5, 5.41) is 0. The molecule has 0 aromatic heterocycles. The first-order chi connectivity index (χ1) is 13.0. The van der Waals surface area contributed by atoms with Crippen LogP contribution in [-0.2, 0) is 4.79 Å². The van der Waals surface area contributed by atoms with E-state index in [-0.39, 0.29) is 12.5 Å². The maximum atomic E-state index is 12.8. The van der Waals surface area contributed by atoms with Crippen LogP contribution < -0.4 is 15.4 Å². The van der Waals surface area contributed by atoms with Crippen molar-refractivity contribution in [2.75, 3.05) is 37.7 Å². The molecule has 0 bridgehead atoms. The number of carbonyl (C=O) groups is 2. The minimum atomic E-state index is -0.547. The fraction of sp³-hybridized carbons (Fsp3) is 0.333. The van der Waals surface area contributed by atoms with Gasteiger partial charge in [0.15, 0.2) is 6.61 Å². The van der Waals surface area contributed by atoms with Crippen LogP contribution in [0.2, 0.25) is 0 Å². The van der Waals surface area contributed by atoms with Gasteiger partial charge >= 0.3 is 0 Å². The standard InChI is InChI=1S/C21H25N3O3/c1-15-5-3-8-19(16(15)2)23-9-11-24(12-10-23)21(26)17-6-4-7-18(13-17)27-14-20(22)25/h3-8,13H,9-12,14H2,1-2H3,(H2,22,25). The van der Waals surface area contributed by atoms with Gasteiger partial charge < -0.3 is 20.3 Å². The van der Waals surface area contributed by atoms with E-state index in [1.807, 2.05) is 4.90 Å². The van der Waals surface area contributed by atoms with Crippen LogP contribution in [0.5, 0.6) is 5.75 Å². The lowest BCUT2D eigenvalue weighted by Crippen LogP contribution is -2.49. The van der Waals surface area contributed by atoms with Crippen molar-refractivity contribution in [3.05, 3.63) is 59.2 Å². The molecule has 6 nitrogen and oxygen atoms in total. The molecular formula is C21H25N3O3.